The number of anilines is 2. The van der Waals surface area contributed by atoms with Gasteiger partial charge in [-0.1, -0.05) is 47.5 Å². The van der Waals surface area contributed by atoms with E-state index in [1.165, 1.54) is 4.90 Å². The Kier molecular flexibility index (Phi) is 4.72. The van der Waals surface area contributed by atoms with E-state index in [2.05, 4.69) is 5.32 Å². The summed E-state index contributed by atoms with van der Waals surface area (Å²) >= 11 is 5.95. The van der Waals surface area contributed by atoms with Crippen molar-refractivity contribution in [3.05, 3.63) is 101 Å². The van der Waals surface area contributed by atoms with Gasteiger partial charge in [-0.2, -0.15) is 0 Å². The third kappa shape index (κ3) is 3.30. The number of aryl methyl sites for hydroxylation is 1. The van der Waals surface area contributed by atoms with Crippen LogP contribution in [0.3, 0.4) is 0 Å². The molecule has 2 amide bonds. The molecule has 1 aliphatic heterocycles. The number of benzene rings is 3. The molecule has 0 bridgehead atoms. The predicted molar refractivity (Wildman–Crippen MR) is 112 cm³/mol. The number of fused-ring (bicyclic) bond motifs is 1. The van der Waals surface area contributed by atoms with Gasteiger partial charge in [0.2, 0.25) is 0 Å². The van der Waals surface area contributed by atoms with Crippen LogP contribution in [0.5, 0.6) is 0 Å². The second-order valence-corrected chi connectivity index (χ2v) is 6.97. The van der Waals surface area contributed by atoms with Gasteiger partial charge in [0, 0.05) is 28.0 Å². The molecule has 0 fully saturated rings. The van der Waals surface area contributed by atoms with E-state index in [-0.39, 0.29) is 11.8 Å². The van der Waals surface area contributed by atoms with Crippen molar-refractivity contribution < 1.29 is 9.59 Å². The molecule has 0 saturated carbocycles. The van der Waals surface area contributed by atoms with Crippen LogP contribution in [0.2, 0.25) is 5.02 Å². The van der Waals surface area contributed by atoms with Crippen LogP contribution in [-0.2, 0) is 4.79 Å². The average Bonchev–Trinajstić information content (AvgIpc) is 2.71. The molecular weight excluding hydrogens is 372 g/mol. The van der Waals surface area contributed by atoms with Crippen molar-refractivity contribution in [3.63, 3.8) is 0 Å². The van der Waals surface area contributed by atoms with E-state index >= 15 is 0 Å². The summed E-state index contributed by atoms with van der Waals surface area (Å²) in [7, 11) is 0. The highest BCUT2D eigenvalue weighted by molar-refractivity contribution is 6.41. The molecule has 1 heterocycles. The van der Waals surface area contributed by atoms with Crippen molar-refractivity contribution in [2.75, 3.05) is 10.2 Å². The predicted octanol–water partition coefficient (Wildman–Crippen LogP) is 5.29. The minimum absolute atomic E-state index is 0.351. The second-order valence-electron chi connectivity index (χ2n) is 6.54. The Morgan fingerprint density at radius 1 is 0.821 bits per heavy atom. The quantitative estimate of drug-likeness (QED) is 0.490. The zero-order valence-corrected chi connectivity index (χ0v) is 15.9. The maximum absolute atomic E-state index is 13.2. The summed E-state index contributed by atoms with van der Waals surface area (Å²) in [6, 6.07) is 21.6. The zero-order valence-electron chi connectivity index (χ0n) is 15.1. The lowest BCUT2D eigenvalue weighted by atomic mass is 9.93. The molecule has 3 aromatic rings. The highest BCUT2D eigenvalue weighted by Gasteiger charge is 2.35. The van der Waals surface area contributed by atoms with Gasteiger partial charge in [-0.25, -0.2) is 4.90 Å². The van der Waals surface area contributed by atoms with Crippen molar-refractivity contribution in [1.29, 1.82) is 0 Å². The highest BCUT2D eigenvalue weighted by atomic mass is 35.5. The van der Waals surface area contributed by atoms with Crippen molar-refractivity contribution in [3.8, 4) is 0 Å². The molecule has 0 radical (unpaired) electrons. The highest BCUT2D eigenvalue weighted by Crippen LogP contribution is 2.32. The first-order valence-corrected chi connectivity index (χ1v) is 9.19. The van der Waals surface area contributed by atoms with E-state index in [1.54, 1.807) is 48.7 Å². The summed E-state index contributed by atoms with van der Waals surface area (Å²) < 4.78 is 0. The van der Waals surface area contributed by atoms with Crippen molar-refractivity contribution in [2.24, 2.45) is 0 Å². The molecule has 28 heavy (non-hydrogen) atoms. The maximum atomic E-state index is 13.2. The lowest BCUT2D eigenvalue weighted by molar-refractivity contribution is -0.112. The molecule has 1 aliphatic rings. The topological polar surface area (TPSA) is 49.4 Å². The summed E-state index contributed by atoms with van der Waals surface area (Å²) in [4.78, 5) is 27.4. The van der Waals surface area contributed by atoms with Crippen LogP contribution in [-0.4, -0.2) is 11.8 Å². The van der Waals surface area contributed by atoms with Crippen LogP contribution in [0, 0.1) is 6.92 Å². The van der Waals surface area contributed by atoms with Gasteiger partial charge in [-0.3, -0.25) is 9.59 Å². The largest absolute Gasteiger partial charge is 0.361 e. The van der Waals surface area contributed by atoms with Crippen molar-refractivity contribution in [2.45, 2.75) is 6.92 Å². The Morgan fingerprint density at radius 2 is 1.46 bits per heavy atom. The van der Waals surface area contributed by atoms with Crippen LogP contribution >= 0.6 is 11.6 Å². The number of carbonyl (C=O) groups is 2. The normalized spacial score (nSPS) is 14.9. The number of imide groups is 1. The molecule has 0 unspecified atom stereocenters. The third-order valence-corrected chi connectivity index (χ3v) is 4.86. The smallest absolute Gasteiger partial charge is 0.267 e. The van der Waals surface area contributed by atoms with E-state index in [0.29, 0.717) is 27.4 Å². The number of nitrogens with zero attached hydrogens (tertiary/aromatic N) is 1. The zero-order chi connectivity index (χ0) is 19.7. The maximum Gasteiger partial charge on any atom is 0.267 e. The summed E-state index contributed by atoms with van der Waals surface area (Å²) in [5, 5.41) is 3.71. The number of nitrogens with one attached hydrogen (secondary N) is 1. The van der Waals surface area contributed by atoms with Gasteiger partial charge in [0.15, 0.2) is 0 Å². The summed E-state index contributed by atoms with van der Waals surface area (Å²) in [5.74, 6) is -0.735. The monoisotopic (exact) mass is 388 g/mol. The minimum Gasteiger partial charge on any atom is -0.361 e. The van der Waals surface area contributed by atoms with Gasteiger partial charge in [-0.05, 0) is 49.4 Å². The van der Waals surface area contributed by atoms with E-state index in [4.69, 9.17) is 11.6 Å². The molecule has 5 heteroatoms. The van der Waals surface area contributed by atoms with E-state index in [9.17, 15) is 9.59 Å². The number of hydrogen-bond acceptors (Lipinski definition) is 3. The number of rotatable bonds is 3. The van der Waals surface area contributed by atoms with E-state index in [1.807, 2.05) is 37.3 Å². The Labute approximate surface area is 168 Å². The number of hydrogen-bond donors (Lipinski definition) is 1. The molecule has 0 aliphatic carbocycles. The standard InChI is InChI=1S/C23H17ClN2O2/c1-15-6-10-17(11-7-15)25-14-21-19-4-2-3-5-20(19)22(27)26(23(21)28)18-12-8-16(24)9-13-18/h2-14,25H,1H3/b21-14-. The Balaban J connectivity index is 1.78. The summed E-state index contributed by atoms with van der Waals surface area (Å²) in [6.45, 7) is 2.01. The molecular formula is C23H17ClN2O2. The van der Waals surface area contributed by atoms with E-state index in [0.717, 1.165) is 11.3 Å². The minimum atomic E-state index is -0.384. The van der Waals surface area contributed by atoms with Gasteiger partial charge in [0.1, 0.15) is 0 Å². The fourth-order valence-corrected chi connectivity index (χ4v) is 3.25. The van der Waals surface area contributed by atoms with Crippen molar-refractivity contribution >= 4 is 40.4 Å². The average molecular weight is 389 g/mol. The summed E-state index contributed by atoms with van der Waals surface area (Å²) in [5.41, 5.74) is 4.01. The Bertz CT molecular complexity index is 1090. The van der Waals surface area contributed by atoms with Crippen LogP contribution in [0.1, 0.15) is 21.5 Å². The molecule has 0 aromatic heterocycles. The lowest BCUT2D eigenvalue weighted by Crippen LogP contribution is -2.42. The van der Waals surface area contributed by atoms with Gasteiger partial charge in [0.25, 0.3) is 11.8 Å². The fraction of sp³-hybridized carbons (Fsp3) is 0.0435. The van der Waals surface area contributed by atoms with Gasteiger partial charge < -0.3 is 5.32 Å². The van der Waals surface area contributed by atoms with Gasteiger partial charge in [-0.15, -0.1) is 0 Å². The first-order chi connectivity index (χ1) is 13.5. The second kappa shape index (κ2) is 7.33. The van der Waals surface area contributed by atoms with Crippen LogP contribution in [0.4, 0.5) is 11.4 Å². The Morgan fingerprint density at radius 3 is 2.14 bits per heavy atom. The first kappa shape index (κ1) is 18.0. The summed E-state index contributed by atoms with van der Waals surface area (Å²) in [6.07, 6.45) is 1.65. The molecule has 0 spiro atoms. The molecule has 4 nitrogen and oxygen atoms in total. The number of carbonyl (C=O) groups excluding carboxylic acids is 2. The van der Waals surface area contributed by atoms with Crippen LogP contribution in [0.15, 0.2) is 79.0 Å². The van der Waals surface area contributed by atoms with Crippen LogP contribution < -0.4 is 10.2 Å². The molecule has 1 N–H and O–H groups in total. The molecule has 138 valence electrons. The first-order valence-electron chi connectivity index (χ1n) is 8.82. The molecule has 4 rings (SSSR count). The third-order valence-electron chi connectivity index (χ3n) is 4.60. The number of amides is 2. The van der Waals surface area contributed by atoms with Crippen molar-refractivity contribution in [1.82, 2.24) is 0 Å². The Hall–Kier alpha value is -3.37. The SMILES string of the molecule is Cc1ccc(N/C=C2\C(=O)N(c3ccc(Cl)cc3)C(=O)c3ccccc32)cc1. The number of halogens is 1. The molecule has 0 saturated heterocycles. The van der Waals surface area contributed by atoms with Gasteiger partial charge >= 0.3 is 0 Å². The van der Waals surface area contributed by atoms with E-state index < -0.39 is 0 Å². The van der Waals surface area contributed by atoms with Crippen LogP contribution in [0.25, 0.3) is 5.57 Å². The fourth-order valence-electron chi connectivity index (χ4n) is 3.12. The molecule has 3 aromatic carbocycles. The lowest BCUT2D eigenvalue weighted by Gasteiger charge is -2.28. The van der Waals surface area contributed by atoms with Gasteiger partial charge in [0.05, 0.1) is 11.3 Å². The molecule has 0 atom stereocenters.